The lowest BCUT2D eigenvalue weighted by Gasteiger charge is -2.23. The molecule has 1 atom stereocenters. The summed E-state index contributed by atoms with van der Waals surface area (Å²) in [7, 11) is 0. The van der Waals surface area contributed by atoms with Gasteiger partial charge in [-0.2, -0.15) is 10.2 Å². The molecular weight excluding hydrogens is 395 g/mol. The van der Waals surface area contributed by atoms with E-state index in [0.717, 1.165) is 48.0 Å². The van der Waals surface area contributed by atoms with Gasteiger partial charge in [-0.05, 0) is 25.5 Å². The zero-order valence-electron chi connectivity index (χ0n) is 16.3. The predicted molar refractivity (Wildman–Crippen MR) is 111 cm³/mol. The van der Waals surface area contributed by atoms with E-state index >= 15 is 0 Å². The van der Waals surface area contributed by atoms with E-state index in [9.17, 15) is 0 Å². The summed E-state index contributed by atoms with van der Waals surface area (Å²) in [5.74, 6) is 2.36. The third-order valence-corrected chi connectivity index (χ3v) is 5.87. The van der Waals surface area contributed by atoms with Crippen molar-refractivity contribution in [1.29, 1.82) is 0 Å². The van der Waals surface area contributed by atoms with Crippen LogP contribution in [-0.2, 0) is 19.5 Å². The van der Waals surface area contributed by atoms with Gasteiger partial charge >= 0.3 is 0 Å². The lowest BCUT2D eigenvalue weighted by molar-refractivity contribution is 0.357. The summed E-state index contributed by atoms with van der Waals surface area (Å²) in [6.45, 7) is 7.70. The monoisotopic (exact) mass is 418 g/mol. The Kier molecular flexibility index (Phi) is 5.45. The van der Waals surface area contributed by atoms with Gasteiger partial charge in [0.2, 0.25) is 0 Å². The van der Waals surface area contributed by atoms with Gasteiger partial charge in [-0.1, -0.05) is 49.2 Å². The summed E-state index contributed by atoms with van der Waals surface area (Å²) in [5, 5.41) is 14.1. The zero-order valence-corrected chi connectivity index (χ0v) is 17.8. The van der Waals surface area contributed by atoms with E-state index in [0.29, 0.717) is 28.7 Å². The second-order valence-electron chi connectivity index (χ2n) is 7.56. The van der Waals surface area contributed by atoms with Crippen LogP contribution in [0.2, 0.25) is 10.2 Å². The van der Waals surface area contributed by atoms with Crippen molar-refractivity contribution in [2.75, 3.05) is 0 Å². The second kappa shape index (κ2) is 7.85. The molecule has 1 aliphatic heterocycles. The maximum atomic E-state index is 6.65. The van der Waals surface area contributed by atoms with Crippen molar-refractivity contribution in [2.24, 2.45) is 0 Å². The number of rotatable bonds is 5. The molecule has 0 saturated carbocycles. The van der Waals surface area contributed by atoms with Gasteiger partial charge in [0.15, 0.2) is 5.82 Å². The van der Waals surface area contributed by atoms with E-state index in [1.165, 1.54) is 0 Å². The van der Waals surface area contributed by atoms with Gasteiger partial charge in [0.1, 0.15) is 11.0 Å². The molecule has 148 valence electrons. The molecule has 0 aliphatic carbocycles. The number of aryl methyl sites for hydroxylation is 2. The quantitative estimate of drug-likeness (QED) is 0.670. The van der Waals surface area contributed by atoms with Crippen LogP contribution in [0.5, 0.6) is 0 Å². The number of aromatic nitrogens is 5. The molecule has 1 aliphatic rings. The average molecular weight is 419 g/mol. The van der Waals surface area contributed by atoms with E-state index in [2.05, 4.69) is 34.3 Å². The molecule has 0 amide bonds. The number of nitrogens with zero attached hydrogens (tertiary/aromatic N) is 5. The Morgan fingerprint density at radius 2 is 2.00 bits per heavy atom. The Labute approximate surface area is 174 Å². The summed E-state index contributed by atoms with van der Waals surface area (Å²) in [6.07, 6.45) is 1.97. The Morgan fingerprint density at radius 1 is 1.21 bits per heavy atom. The van der Waals surface area contributed by atoms with Crippen molar-refractivity contribution in [2.45, 2.75) is 58.7 Å². The van der Waals surface area contributed by atoms with Gasteiger partial charge < -0.3 is 5.32 Å². The van der Waals surface area contributed by atoms with Crippen LogP contribution in [0.1, 0.15) is 49.1 Å². The Morgan fingerprint density at radius 3 is 2.75 bits per heavy atom. The molecule has 0 fully saturated rings. The van der Waals surface area contributed by atoms with Gasteiger partial charge in [-0.25, -0.2) is 14.3 Å². The first-order chi connectivity index (χ1) is 13.4. The lowest BCUT2D eigenvalue weighted by atomic mass is 10.1. The summed E-state index contributed by atoms with van der Waals surface area (Å²) >= 11 is 13.0. The Bertz CT molecular complexity index is 991. The van der Waals surface area contributed by atoms with Gasteiger partial charge in [0.25, 0.3) is 0 Å². The number of nitrogens with one attached hydrogen (secondary N) is 1. The minimum Gasteiger partial charge on any atom is -0.308 e. The molecule has 2 aromatic heterocycles. The lowest BCUT2D eigenvalue weighted by Crippen LogP contribution is -2.37. The van der Waals surface area contributed by atoms with Crippen LogP contribution in [-0.4, -0.2) is 30.6 Å². The molecule has 1 unspecified atom stereocenters. The zero-order chi connectivity index (χ0) is 19.8. The molecule has 3 aromatic rings. The van der Waals surface area contributed by atoms with Crippen LogP contribution in [0.15, 0.2) is 24.3 Å². The fraction of sp³-hybridized carbons (Fsp3) is 0.450. The molecule has 1 aromatic carbocycles. The largest absolute Gasteiger partial charge is 0.308 e. The molecule has 0 saturated heterocycles. The number of para-hydroxylation sites is 1. The molecule has 6 nitrogen and oxygen atoms in total. The van der Waals surface area contributed by atoms with Crippen molar-refractivity contribution in [1.82, 2.24) is 29.9 Å². The van der Waals surface area contributed by atoms with E-state index in [1.807, 2.05) is 35.9 Å². The minimum absolute atomic E-state index is 0.327. The fourth-order valence-electron chi connectivity index (χ4n) is 3.50. The highest BCUT2D eigenvalue weighted by Crippen LogP contribution is 2.28. The molecule has 3 heterocycles. The highest BCUT2D eigenvalue weighted by atomic mass is 35.5. The van der Waals surface area contributed by atoms with Crippen molar-refractivity contribution < 1.29 is 0 Å². The number of benzene rings is 1. The summed E-state index contributed by atoms with van der Waals surface area (Å²) < 4.78 is 3.75. The normalized spacial score (nSPS) is 16.6. The summed E-state index contributed by atoms with van der Waals surface area (Å²) in [5.41, 5.74) is 2.68. The number of fused-ring (bicyclic) bond motifs is 1. The number of hydrogen-bond acceptors (Lipinski definition) is 4. The first-order valence-corrected chi connectivity index (χ1v) is 10.4. The molecule has 8 heteroatoms. The molecule has 1 N–H and O–H groups in total. The smallest absolute Gasteiger partial charge is 0.153 e. The van der Waals surface area contributed by atoms with Crippen LogP contribution in [0.3, 0.4) is 0 Å². The maximum Gasteiger partial charge on any atom is 0.153 e. The molecule has 0 spiro atoms. The van der Waals surface area contributed by atoms with Crippen molar-refractivity contribution in [3.8, 4) is 5.69 Å². The first-order valence-electron chi connectivity index (χ1n) is 9.60. The number of halogens is 2. The number of hydrogen-bond donors (Lipinski definition) is 1. The maximum absolute atomic E-state index is 6.65. The average Bonchev–Trinajstić information content (AvgIpc) is 3.21. The molecule has 4 rings (SSSR count). The van der Waals surface area contributed by atoms with Crippen LogP contribution < -0.4 is 5.32 Å². The van der Waals surface area contributed by atoms with Crippen molar-refractivity contribution in [3.63, 3.8) is 0 Å². The minimum atomic E-state index is 0.327. The van der Waals surface area contributed by atoms with Crippen molar-refractivity contribution in [3.05, 3.63) is 57.3 Å². The Balaban J connectivity index is 1.48. The molecule has 0 radical (unpaired) electrons. The van der Waals surface area contributed by atoms with Gasteiger partial charge in [-0.15, -0.1) is 0 Å². The second-order valence-corrected chi connectivity index (χ2v) is 8.32. The Hall–Kier alpha value is -1.89. The fourth-order valence-corrected chi connectivity index (χ4v) is 4.05. The highest BCUT2D eigenvalue weighted by molar-refractivity contribution is 6.33. The van der Waals surface area contributed by atoms with Crippen LogP contribution in [0.25, 0.3) is 5.69 Å². The highest BCUT2D eigenvalue weighted by Gasteiger charge is 2.23. The van der Waals surface area contributed by atoms with E-state index in [1.54, 1.807) is 4.68 Å². The van der Waals surface area contributed by atoms with Crippen LogP contribution in [0.4, 0.5) is 0 Å². The summed E-state index contributed by atoms with van der Waals surface area (Å²) in [4.78, 5) is 4.65. The third kappa shape index (κ3) is 3.69. The molecular formula is C20H24Cl2N6. The van der Waals surface area contributed by atoms with E-state index in [4.69, 9.17) is 23.2 Å². The van der Waals surface area contributed by atoms with Gasteiger partial charge in [0, 0.05) is 30.5 Å². The van der Waals surface area contributed by atoms with Gasteiger partial charge in [0.05, 0.1) is 22.9 Å². The van der Waals surface area contributed by atoms with Crippen molar-refractivity contribution >= 4 is 23.2 Å². The summed E-state index contributed by atoms with van der Waals surface area (Å²) in [6, 6.07) is 7.90. The van der Waals surface area contributed by atoms with Crippen LogP contribution >= 0.6 is 23.2 Å². The van der Waals surface area contributed by atoms with E-state index in [-0.39, 0.29) is 0 Å². The predicted octanol–water partition coefficient (Wildman–Crippen LogP) is 4.31. The first kappa shape index (κ1) is 19.4. The SMILES string of the molecule is Cc1nn(-c2ccccc2Cl)c(Cl)c1CNC1CCc2nc(C(C)C)nn2C1. The topological polar surface area (TPSA) is 60.6 Å². The van der Waals surface area contributed by atoms with E-state index < -0.39 is 0 Å². The third-order valence-electron chi connectivity index (χ3n) is 5.16. The standard InChI is InChI=1S/C20H24Cl2N6/c1-12(2)20-24-18-9-8-14(11-27(18)26-20)23-10-15-13(3)25-28(19(15)22)17-7-5-4-6-16(17)21/h4-7,12,14,23H,8-11H2,1-3H3. The molecule has 0 bridgehead atoms. The van der Waals surface area contributed by atoms with Gasteiger partial charge in [-0.3, -0.25) is 0 Å². The molecule has 28 heavy (non-hydrogen) atoms. The van der Waals surface area contributed by atoms with Crippen LogP contribution in [0, 0.1) is 6.92 Å².